The van der Waals surface area contributed by atoms with Crippen molar-refractivity contribution in [3.63, 3.8) is 0 Å². The molecule has 0 aliphatic carbocycles. The van der Waals surface area contributed by atoms with Crippen molar-refractivity contribution in [3.05, 3.63) is 35.4 Å². The van der Waals surface area contributed by atoms with Crippen LogP contribution >= 0.6 is 0 Å². The van der Waals surface area contributed by atoms with Crippen molar-refractivity contribution in [1.29, 1.82) is 0 Å². The van der Waals surface area contributed by atoms with Crippen LogP contribution in [0.15, 0.2) is 24.3 Å². The minimum Gasteiger partial charge on any atom is -0.502 e. The van der Waals surface area contributed by atoms with Gasteiger partial charge in [0.1, 0.15) is 17.6 Å². The van der Waals surface area contributed by atoms with E-state index in [2.05, 4.69) is 0 Å². The Kier molecular flexibility index (Phi) is 3.33. The molecule has 0 saturated heterocycles. The fourth-order valence-electron chi connectivity index (χ4n) is 3.40. The molecule has 0 radical (unpaired) electrons. The van der Waals surface area contributed by atoms with Crippen molar-refractivity contribution in [1.82, 2.24) is 0 Å². The van der Waals surface area contributed by atoms with Crippen molar-refractivity contribution in [3.8, 4) is 34.5 Å². The highest BCUT2D eigenvalue weighted by atomic mass is 16.5. The molecule has 6 nitrogen and oxygen atoms in total. The van der Waals surface area contributed by atoms with E-state index in [0.29, 0.717) is 18.1 Å². The predicted molar refractivity (Wildman–Crippen MR) is 85.8 cm³/mol. The van der Waals surface area contributed by atoms with Crippen LogP contribution in [0.2, 0.25) is 0 Å². The van der Waals surface area contributed by atoms with Gasteiger partial charge in [-0.2, -0.15) is 0 Å². The first-order chi connectivity index (χ1) is 11.7. The van der Waals surface area contributed by atoms with Crippen LogP contribution in [0, 0.1) is 0 Å². The zero-order valence-corrected chi connectivity index (χ0v) is 13.7. The summed E-state index contributed by atoms with van der Waals surface area (Å²) in [5.41, 5.74) is 1.82. The highest BCUT2D eigenvalue weighted by Gasteiger charge is 2.43. The Balaban J connectivity index is 1.81. The van der Waals surface area contributed by atoms with E-state index in [1.165, 1.54) is 14.2 Å². The van der Waals surface area contributed by atoms with Gasteiger partial charge in [0.25, 0.3) is 0 Å². The second-order valence-corrected chi connectivity index (χ2v) is 5.74. The van der Waals surface area contributed by atoms with Crippen LogP contribution < -0.4 is 23.7 Å². The Morgan fingerprint density at radius 2 is 1.88 bits per heavy atom. The van der Waals surface area contributed by atoms with Gasteiger partial charge in [0, 0.05) is 17.2 Å². The van der Waals surface area contributed by atoms with Crippen molar-refractivity contribution in [2.45, 2.75) is 12.0 Å². The molecule has 2 aromatic rings. The van der Waals surface area contributed by atoms with Crippen molar-refractivity contribution in [2.24, 2.45) is 0 Å². The molecule has 2 aliphatic rings. The number of fused-ring (bicyclic) bond motifs is 5. The molecule has 0 bridgehead atoms. The number of ether oxygens (including phenoxy) is 5. The first kappa shape index (κ1) is 14.8. The molecule has 24 heavy (non-hydrogen) atoms. The molecule has 4 rings (SSSR count). The van der Waals surface area contributed by atoms with Gasteiger partial charge in [-0.05, 0) is 12.1 Å². The number of phenols is 1. The number of aromatic hydroxyl groups is 1. The third kappa shape index (κ3) is 1.95. The topological polar surface area (TPSA) is 66.4 Å². The van der Waals surface area contributed by atoms with Crippen LogP contribution in [0.3, 0.4) is 0 Å². The van der Waals surface area contributed by atoms with E-state index >= 15 is 0 Å². The number of benzene rings is 2. The van der Waals surface area contributed by atoms with Gasteiger partial charge in [-0.1, -0.05) is 6.07 Å². The van der Waals surface area contributed by atoms with Gasteiger partial charge in [0.05, 0.1) is 33.9 Å². The summed E-state index contributed by atoms with van der Waals surface area (Å²) in [6, 6.07) is 7.57. The zero-order chi connectivity index (χ0) is 16.8. The van der Waals surface area contributed by atoms with E-state index in [0.717, 1.165) is 22.6 Å². The summed E-state index contributed by atoms with van der Waals surface area (Å²) < 4.78 is 27.8. The SMILES string of the molecule is COc1ccc2c(c1)OC1c3cc(OC)c(OC)c(O)c3OCC21. The summed E-state index contributed by atoms with van der Waals surface area (Å²) in [5, 5.41) is 10.5. The first-order valence-electron chi connectivity index (χ1n) is 7.63. The summed E-state index contributed by atoms with van der Waals surface area (Å²) in [6.07, 6.45) is -0.249. The Morgan fingerprint density at radius 3 is 2.58 bits per heavy atom. The number of phenolic OH excluding ortho intramolecular Hbond substituents is 1. The number of hydrogen-bond donors (Lipinski definition) is 1. The second-order valence-electron chi connectivity index (χ2n) is 5.74. The smallest absolute Gasteiger partial charge is 0.207 e. The largest absolute Gasteiger partial charge is 0.502 e. The van der Waals surface area contributed by atoms with Crippen molar-refractivity contribution in [2.75, 3.05) is 27.9 Å². The van der Waals surface area contributed by atoms with Gasteiger partial charge in [0.2, 0.25) is 11.5 Å². The maximum absolute atomic E-state index is 10.5. The number of hydrogen-bond acceptors (Lipinski definition) is 6. The molecular weight excluding hydrogens is 312 g/mol. The standard InChI is InChI=1S/C18H18O6/c1-20-9-4-5-10-12-8-23-17-11(16(12)24-13(10)6-9)7-14(21-2)18(22-3)15(17)19/h4-7,12,16,19H,8H2,1-3H3. The minimum absolute atomic E-state index is 0.0518. The molecule has 0 amide bonds. The summed E-state index contributed by atoms with van der Waals surface area (Å²) in [7, 11) is 4.63. The summed E-state index contributed by atoms with van der Waals surface area (Å²) in [4.78, 5) is 0. The molecule has 126 valence electrons. The van der Waals surface area contributed by atoms with E-state index in [1.807, 2.05) is 18.2 Å². The number of methoxy groups -OCH3 is 3. The van der Waals surface area contributed by atoms with Crippen LogP contribution in [0.25, 0.3) is 0 Å². The van der Waals surface area contributed by atoms with E-state index in [9.17, 15) is 5.11 Å². The maximum atomic E-state index is 10.5. The lowest BCUT2D eigenvalue weighted by atomic mass is 9.89. The molecule has 2 heterocycles. The van der Waals surface area contributed by atoms with Crippen molar-refractivity contribution < 1.29 is 28.8 Å². The molecule has 6 heteroatoms. The highest BCUT2D eigenvalue weighted by molar-refractivity contribution is 5.64. The van der Waals surface area contributed by atoms with Crippen LogP contribution in [0.1, 0.15) is 23.1 Å². The zero-order valence-electron chi connectivity index (χ0n) is 13.7. The monoisotopic (exact) mass is 330 g/mol. The molecule has 0 spiro atoms. The number of rotatable bonds is 3. The van der Waals surface area contributed by atoms with Gasteiger partial charge in [-0.15, -0.1) is 0 Å². The van der Waals surface area contributed by atoms with Gasteiger partial charge in [0.15, 0.2) is 11.5 Å². The first-order valence-corrected chi connectivity index (χ1v) is 7.63. The van der Waals surface area contributed by atoms with Crippen LogP contribution in [-0.4, -0.2) is 33.0 Å². The van der Waals surface area contributed by atoms with Crippen LogP contribution in [0.5, 0.6) is 34.5 Å². The Morgan fingerprint density at radius 1 is 1.04 bits per heavy atom. The molecule has 2 atom stereocenters. The molecule has 1 N–H and O–H groups in total. The Labute approximate surface area is 139 Å². The summed E-state index contributed by atoms with van der Waals surface area (Å²) in [6.45, 7) is 0.417. The van der Waals surface area contributed by atoms with Gasteiger partial charge in [-0.25, -0.2) is 0 Å². The van der Waals surface area contributed by atoms with Crippen LogP contribution in [-0.2, 0) is 0 Å². The van der Waals surface area contributed by atoms with Gasteiger partial charge >= 0.3 is 0 Å². The second kappa shape index (κ2) is 5.40. The maximum Gasteiger partial charge on any atom is 0.207 e. The van der Waals surface area contributed by atoms with Crippen LogP contribution in [0.4, 0.5) is 0 Å². The molecule has 2 aromatic carbocycles. The lowest BCUT2D eigenvalue weighted by molar-refractivity contribution is 0.134. The predicted octanol–water partition coefficient (Wildman–Crippen LogP) is 3.03. The third-order valence-electron chi connectivity index (χ3n) is 4.58. The Hall–Kier alpha value is -2.76. The van der Waals surface area contributed by atoms with E-state index in [-0.39, 0.29) is 23.5 Å². The molecular formula is C18H18O6. The lowest BCUT2D eigenvalue weighted by Gasteiger charge is -2.29. The molecule has 0 aromatic heterocycles. The van der Waals surface area contributed by atoms with Gasteiger partial charge < -0.3 is 28.8 Å². The molecule has 0 fully saturated rings. The normalized spacial score (nSPS) is 20.1. The summed E-state index contributed by atoms with van der Waals surface area (Å²) in [5.74, 6) is 2.58. The lowest BCUT2D eigenvalue weighted by Crippen LogP contribution is -2.23. The summed E-state index contributed by atoms with van der Waals surface area (Å²) >= 11 is 0. The van der Waals surface area contributed by atoms with Gasteiger partial charge in [-0.3, -0.25) is 0 Å². The fraction of sp³-hybridized carbons (Fsp3) is 0.333. The molecule has 2 aliphatic heterocycles. The third-order valence-corrected chi connectivity index (χ3v) is 4.58. The Bertz CT molecular complexity index is 801. The van der Waals surface area contributed by atoms with E-state index in [4.69, 9.17) is 23.7 Å². The molecule has 2 unspecified atom stereocenters. The fourth-order valence-corrected chi connectivity index (χ4v) is 3.40. The molecule has 0 saturated carbocycles. The quantitative estimate of drug-likeness (QED) is 0.933. The van der Waals surface area contributed by atoms with Crippen molar-refractivity contribution >= 4 is 0 Å². The van der Waals surface area contributed by atoms with E-state index < -0.39 is 0 Å². The van der Waals surface area contributed by atoms with E-state index in [1.54, 1.807) is 13.2 Å². The highest BCUT2D eigenvalue weighted by Crippen LogP contribution is 2.57. The minimum atomic E-state index is -0.249. The average molecular weight is 330 g/mol. The average Bonchev–Trinajstić information content (AvgIpc) is 2.99.